The Morgan fingerprint density at radius 3 is 3.00 bits per heavy atom. The minimum atomic E-state index is 0.247. The first-order valence-electron chi connectivity index (χ1n) is 6.79. The highest BCUT2D eigenvalue weighted by atomic mass is 16.3. The number of piperidine rings is 1. The second kappa shape index (κ2) is 6.16. The van der Waals surface area contributed by atoms with Crippen molar-refractivity contribution in [2.45, 2.75) is 45.2 Å². The maximum atomic E-state index is 9.17. The third-order valence-corrected chi connectivity index (χ3v) is 3.62. The Hall–Kier alpha value is -1.13. The molecule has 4 heteroatoms. The van der Waals surface area contributed by atoms with Crippen molar-refractivity contribution in [2.24, 2.45) is 5.73 Å². The van der Waals surface area contributed by atoms with Gasteiger partial charge in [-0.25, -0.2) is 4.98 Å². The quantitative estimate of drug-likeness (QED) is 0.850. The monoisotopic (exact) mass is 249 g/mol. The molecule has 1 fully saturated rings. The topological polar surface area (TPSA) is 62.4 Å². The van der Waals surface area contributed by atoms with Crippen LogP contribution >= 0.6 is 0 Å². The molecule has 18 heavy (non-hydrogen) atoms. The van der Waals surface area contributed by atoms with Gasteiger partial charge >= 0.3 is 0 Å². The summed E-state index contributed by atoms with van der Waals surface area (Å²) < 4.78 is 0. The van der Waals surface area contributed by atoms with Gasteiger partial charge in [0.05, 0.1) is 0 Å². The second-order valence-corrected chi connectivity index (χ2v) is 5.03. The zero-order valence-electron chi connectivity index (χ0n) is 11.1. The van der Waals surface area contributed by atoms with E-state index in [2.05, 4.69) is 16.0 Å². The summed E-state index contributed by atoms with van der Waals surface area (Å²) >= 11 is 0. The average molecular weight is 249 g/mol. The number of nitrogens with zero attached hydrogens (tertiary/aromatic N) is 2. The van der Waals surface area contributed by atoms with Crippen LogP contribution in [0.2, 0.25) is 0 Å². The molecule has 100 valence electrons. The standard InChI is InChI=1S/C14H23N3O/c1-11-8-12(10-15)9-14(16-11)17-6-3-2-4-13(17)5-7-18/h8-9,13,18H,2-7,10,15H2,1H3. The Balaban J connectivity index is 2.24. The van der Waals surface area contributed by atoms with Gasteiger partial charge in [0, 0.05) is 31.4 Å². The van der Waals surface area contributed by atoms with Gasteiger partial charge in [-0.3, -0.25) is 0 Å². The maximum absolute atomic E-state index is 9.17. The van der Waals surface area contributed by atoms with Gasteiger partial charge in [0.25, 0.3) is 0 Å². The number of rotatable bonds is 4. The van der Waals surface area contributed by atoms with Crippen LogP contribution in [-0.4, -0.2) is 29.3 Å². The molecular formula is C14H23N3O. The van der Waals surface area contributed by atoms with E-state index >= 15 is 0 Å². The van der Waals surface area contributed by atoms with Crippen LogP contribution in [0.5, 0.6) is 0 Å². The van der Waals surface area contributed by atoms with Crippen molar-refractivity contribution in [2.75, 3.05) is 18.1 Å². The van der Waals surface area contributed by atoms with Crippen LogP contribution < -0.4 is 10.6 Å². The minimum absolute atomic E-state index is 0.247. The lowest BCUT2D eigenvalue weighted by atomic mass is 9.99. The molecule has 1 aliphatic heterocycles. The van der Waals surface area contributed by atoms with E-state index in [4.69, 9.17) is 5.73 Å². The zero-order chi connectivity index (χ0) is 13.0. The van der Waals surface area contributed by atoms with Crippen LogP contribution in [0.25, 0.3) is 0 Å². The van der Waals surface area contributed by atoms with Crippen molar-refractivity contribution in [3.63, 3.8) is 0 Å². The lowest BCUT2D eigenvalue weighted by Crippen LogP contribution is -2.40. The van der Waals surface area contributed by atoms with Crippen LogP contribution in [0, 0.1) is 6.92 Å². The molecule has 1 atom stereocenters. The molecule has 0 saturated carbocycles. The molecule has 1 aliphatic rings. The van der Waals surface area contributed by atoms with Crippen LogP contribution in [0.15, 0.2) is 12.1 Å². The van der Waals surface area contributed by atoms with E-state index in [9.17, 15) is 5.11 Å². The smallest absolute Gasteiger partial charge is 0.129 e. The van der Waals surface area contributed by atoms with Gasteiger partial charge in [0.15, 0.2) is 0 Å². The SMILES string of the molecule is Cc1cc(CN)cc(N2CCCCC2CCO)n1. The first-order chi connectivity index (χ1) is 8.74. The molecule has 1 unspecified atom stereocenters. The molecule has 1 aromatic heterocycles. The molecule has 2 rings (SSSR count). The Morgan fingerprint density at radius 2 is 2.28 bits per heavy atom. The third-order valence-electron chi connectivity index (χ3n) is 3.62. The molecule has 0 spiro atoms. The van der Waals surface area contributed by atoms with Crippen LogP contribution in [-0.2, 0) is 6.54 Å². The highest BCUT2D eigenvalue weighted by Crippen LogP contribution is 2.26. The van der Waals surface area contributed by atoms with Gasteiger partial charge in [0.1, 0.15) is 5.82 Å². The lowest BCUT2D eigenvalue weighted by Gasteiger charge is -2.36. The van der Waals surface area contributed by atoms with Crippen molar-refractivity contribution in [1.29, 1.82) is 0 Å². The normalized spacial score (nSPS) is 20.2. The van der Waals surface area contributed by atoms with E-state index in [0.29, 0.717) is 12.6 Å². The molecule has 0 radical (unpaired) electrons. The number of aromatic nitrogens is 1. The lowest BCUT2D eigenvalue weighted by molar-refractivity contribution is 0.262. The van der Waals surface area contributed by atoms with Crippen molar-refractivity contribution >= 4 is 5.82 Å². The molecule has 0 bridgehead atoms. The number of aliphatic hydroxyl groups is 1. The summed E-state index contributed by atoms with van der Waals surface area (Å²) in [7, 11) is 0. The van der Waals surface area contributed by atoms with E-state index < -0.39 is 0 Å². The van der Waals surface area contributed by atoms with Gasteiger partial charge in [-0.2, -0.15) is 0 Å². The van der Waals surface area contributed by atoms with Crippen LogP contribution in [0.1, 0.15) is 36.9 Å². The summed E-state index contributed by atoms with van der Waals surface area (Å²) in [6.45, 7) is 3.84. The molecule has 3 N–H and O–H groups in total. The largest absolute Gasteiger partial charge is 0.396 e. The highest BCUT2D eigenvalue weighted by Gasteiger charge is 2.23. The molecule has 0 aromatic carbocycles. The van der Waals surface area contributed by atoms with Crippen molar-refractivity contribution in [3.05, 3.63) is 23.4 Å². The number of aliphatic hydroxyl groups excluding tert-OH is 1. The number of nitrogens with two attached hydrogens (primary N) is 1. The fourth-order valence-electron chi connectivity index (χ4n) is 2.74. The highest BCUT2D eigenvalue weighted by molar-refractivity contribution is 5.44. The van der Waals surface area contributed by atoms with E-state index in [1.165, 1.54) is 12.8 Å². The molecule has 0 amide bonds. The fraction of sp³-hybridized carbons (Fsp3) is 0.643. The third kappa shape index (κ3) is 3.00. The van der Waals surface area contributed by atoms with Gasteiger partial charge in [-0.05, 0) is 50.3 Å². The molecular weight excluding hydrogens is 226 g/mol. The Labute approximate surface area is 109 Å². The zero-order valence-corrected chi connectivity index (χ0v) is 11.1. The fourth-order valence-corrected chi connectivity index (χ4v) is 2.74. The van der Waals surface area contributed by atoms with Crippen LogP contribution in [0.3, 0.4) is 0 Å². The Kier molecular flexibility index (Phi) is 4.55. The summed E-state index contributed by atoms with van der Waals surface area (Å²) in [5.41, 5.74) is 7.87. The molecule has 1 saturated heterocycles. The number of hydrogen-bond donors (Lipinski definition) is 2. The van der Waals surface area contributed by atoms with E-state index in [1.807, 2.05) is 13.0 Å². The maximum Gasteiger partial charge on any atom is 0.129 e. The predicted octanol–water partition coefficient (Wildman–Crippen LogP) is 1.59. The van der Waals surface area contributed by atoms with Gasteiger partial charge < -0.3 is 15.7 Å². The van der Waals surface area contributed by atoms with E-state index in [1.54, 1.807) is 0 Å². The number of pyridine rings is 1. The van der Waals surface area contributed by atoms with E-state index in [0.717, 1.165) is 36.5 Å². The molecule has 4 nitrogen and oxygen atoms in total. The summed E-state index contributed by atoms with van der Waals surface area (Å²) in [6.07, 6.45) is 4.42. The summed E-state index contributed by atoms with van der Waals surface area (Å²) in [5.74, 6) is 1.02. The van der Waals surface area contributed by atoms with E-state index in [-0.39, 0.29) is 6.61 Å². The van der Waals surface area contributed by atoms with Crippen molar-refractivity contribution < 1.29 is 5.11 Å². The Morgan fingerprint density at radius 1 is 1.44 bits per heavy atom. The number of aryl methyl sites for hydroxylation is 1. The second-order valence-electron chi connectivity index (χ2n) is 5.03. The summed E-state index contributed by atoms with van der Waals surface area (Å²) in [6, 6.07) is 4.54. The first kappa shape index (κ1) is 13.3. The van der Waals surface area contributed by atoms with Crippen molar-refractivity contribution in [1.82, 2.24) is 4.98 Å². The van der Waals surface area contributed by atoms with Gasteiger partial charge in [-0.15, -0.1) is 0 Å². The van der Waals surface area contributed by atoms with Gasteiger partial charge in [-0.1, -0.05) is 0 Å². The van der Waals surface area contributed by atoms with Crippen molar-refractivity contribution in [3.8, 4) is 0 Å². The molecule has 1 aromatic rings. The molecule has 0 aliphatic carbocycles. The summed E-state index contributed by atoms with van der Waals surface area (Å²) in [5, 5.41) is 9.17. The predicted molar refractivity (Wildman–Crippen MR) is 73.6 cm³/mol. The van der Waals surface area contributed by atoms with Crippen LogP contribution in [0.4, 0.5) is 5.82 Å². The average Bonchev–Trinajstić information content (AvgIpc) is 2.39. The summed E-state index contributed by atoms with van der Waals surface area (Å²) in [4.78, 5) is 6.97. The Bertz CT molecular complexity index is 393. The minimum Gasteiger partial charge on any atom is -0.396 e. The number of anilines is 1. The first-order valence-corrected chi connectivity index (χ1v) is 6.79. The molecule has 2 heterocycles. The van der Waals surface area contributed by atoms with Gasteiger partial charge in [0.2, 0.25) is 0 Å². The number of hydrogen-bond acceptors (Lipinski definition) is 4.